The van der Waals surface area contributed by atoms with Crippen molar-refractivity contribution in [2.75, 3.05) is 11.4 Å². The highest BCUT2D eigenvalue weighted by atomic mass is 16.2. The van der Waals surface area contributed by atoms with Crippen molar-refractivity contribution >= 4 is 11.6 Å². The van der Waals surface area contributed by atoms with Crippen LogP contribution in [0.5, 0.6) is 0 Å². The molecule has 0 aliphatic carbocycles. The van der Waals surface area contributed by atoms with Gasteiger partial charge in [-0.1, -0.05) is 78.9 Å². The lowest BCUT2D eigenvalue weighted by molar-refractivity contribution is -0.117. The van der Waals surface area contributed by atoms with Gasteiger partial charge in [-0.15, -0.1) is 0 Å². The first-order chi connectivity index (χ1) is 14.2. The van der Waals surface area contributed by atoms with E-state index in [0.29, 0.717) is 12.0 Å². The van der Waals surface area contributed by atoms with Gasteiger partial charge in [0, 0.05) is 31.1 Å². The average Bonchev–Trinajstić information content (AvgIpc) is 3.17. The standard InChI is InChI=1S/C26H26N2O/c1-19(29)28-24-15-9-8-14-22(24)26-23(25(28)21-12-6-3-7-13-21)16-17-27(26)18-20-10-4-2-5-11-20/h2-15,23,25-26H,16-18H2,1H3/t23-,25-,26+/m0/s1. The maximum atomic E-state index is 12.8. The van der Waals surface area contributed by atoms with Crippen molar-refractivity contribution in [3.05, 3.63) is 102 Å². The van der Waals surface area contributed by atoms with Gasteiger partial charge in [-0.2, -0.15) is 0 Å². The van der Waals surface area contributed by atoms with Gasteiger partial charge >= 0.3 is 0 Å². The van der Waals surface area contributed by atoms with E-state index in [0.717, 1.165) is 25.2 Å². The van der Waals surface area contributed by atoms with E-state index >= 15 is 0 Å². The number of carbonyl (C=O) groups excluding carboxylic acids is 1. The predicted molar refractivity (Wildman–Crippen MR) is 116 cm³/mol. The van der Waals surface area contributed by atoms with E-state index in [1.54, 1.807) is 6.92 Å². The number of anilines is 1. The number of nitrogens with zero attached hydrogens (tertiary/aromatic N) is 2. The van der Waals surface area contributed by atoms with Gasteiger partial charge in [0.1, 0.15) is 0 Å². The Hall–Kier alpha value is -2.91. The minimum atomic E-state index is 0.0781. The number of fused-ring (bicyclic) bond motifs is 3. The smallest absolute Gasteiger partial charge is 0.224 e. The van der Waals surface area contributed by atoms with Crippen LogP contribution in [0.2, 0.25) is 0 Å². The van der Waals surface area contributed by atoms with Gasteiger partial charge in [0.05, 0.1) is 6.04 Å². The van der Waals surface area contributed by atoms with Crippen LogP contribution in [0.25, 0.3) is 0 Å². The second-order valence-corrected chi connectivity index (χ2v) is 8.16. The Morgan fingerprint density at radius 3 is 2.24 bits per heavy atom. The molecule has 3 aromatic carbocycles. The molecule has 0 radical (unpaired) electrons. The number of likely N-dealkylation sites (tertiary alicyclic amines) is 1. The number of rotatable bonds is 3. The summed E-state index contributed by atoms with van der Waals surface area (Å²) in [4.78, 5) is 17.5. The first kappa shape index (κ1) is 18.1. The number of para-hydroxylation sites is 1. The lowest BCUT2D eigenvalue weighted by Gasteiger charge is -2.45. The van der Waals surface area contributed by atoms with Gasteiger partial charge in [-0.05, 0) is 35.7 Å². The van der Waals surface area contributed by atoms with Gasteiger partial charge in [0.2, 0.25) is 5.91 Å². The van der Waals surface area contributed by atoms with E-state index < -0.39 is 0 Å². The van der Waals surface area contributed by atoms with Crippen LogP contribution in [0.1, 0.15) is 42.1 Å². The zero-order valence-corrected chi connectivity index (χ0v) is 16.7. The molecule has 2 aliphatic rings. The maximum absolute atomic E-state index is 12.8. The zero-order valence-electron chi connectivity index (χ0n) is 16.7. The number of carbonyl (C=O) groups is 1. The molecule has 3 nitrogen and oxygen atoms in total. The van der Waals surface area contributed by atoms with E-state index in [-0.39, 0.29) is 11.9 Å². The third kappa shape index (κ3) is 3.16. The van der Waals surface area contributed by atoms with Gasteiger partial charge in [-0.25, -0.2) is 0 Å². The SMILES string of the molecule is CC(=O)N1c2ccccc2[C@@H]2[C@@H](CCN2Cc2ccccc2)[C@@H]1c1ccccc1. The fourth-order valence-corrected chi connectivity index (χ4v) is 5.35. The second kappa shape index (κ2) is 7.49. The lowest BCUT2D eigenvalue weighted by atomic mass is 9.78. The molecule has 1 saturated heterocycles. The molecule has 1 fully saturated rings. The van der Waals surface area contributed by atoms with Gasteiger partial charge in [0.25, 0.3) is 0 Å². The van der Waals surface area contributed by atoms with Crippen LogP contribution in [0.4, 0.5) is 5.69 Å². The van der Waals surface area contributed by atoms with E-state index in [2.05, 4.69) is 77.7 Å². The van der Waals surface area contributed by atoms with Crippen molar-refractivity contribution < 1.29 is 4.79 Å². The van der Waals surface area contributed by atoms with Crippen LogP contribution in [0.3, 0.4) is 0 Å². The molecule has 0 saturated carbocycles. The molecule has 3 aromatic rings. The van der Waals surface area contributed by atoms with Gasteiger partial charge in [-0.3, -0.25) is 9.69 Å². The molecule has 2 heterocycles. The fraction of sp³-hybridized carbons (Fsp3) is 0.269. The van der Waals surface area contributed by atoms with Crippen LogP contribution in [0, 0.1) is 5.92 Å². The van der Waals surface area contributed by atoms with Crippen molar-refractivity contribution in [3.63, 3.8) is 0 Å². The van der Waals surface area contributed by atoms with Crippen molar-refractivity contribution in [1.29, 1.82) is 0 Å². The molecular weight excluding hydrogens is 356 g/mol. The molecule has 0 spiro atoms. The third-order valence-electron chi connectivity index (χ3n) is 6.46. The van der Waals surface area contributed by atoms with E-state index in [1.807, 2.05) is 17.0 Å². The van der Waals surface area contributed by atoms with Crippen LogP contribution >= 0.6 is 0 Å². The van der Waals surface area contributed by atoms with Crippen LogP contribution in [-0.4, -0.2) is 17.4 Å². The molecule has 2 aliphatic heterocycles. The number of hydrogen-bond acceptors (Lipinski definition) is 2. The number of hydrogen-bond donors (Lipinski definition) is 0. The van der Waals surface area contributed by atoms with E-state index in [9.17, 15) is 4.79 Å². The number of benzene rings is 3. The molecule has 3 heteroatoms. The highest BCUT2D eigenvalue weighted by Crippen LogP contribution is 2.54. The molecule has 0 N–H and O–H groups in total. The Labute approximate surface area is 172 Å². The van der Waals surface area contributed by atoms with E-state index in [4.69, 9.17) is 0 Å². The molecule has 29 heavy (non-hydrogen) atoms. The third-order valence-corrected chi connectivity index (χ3v) is 6.46. The molecule has 3 atom stereocenters. The Balaban J connectivity index is 1.61. The normalized spacial score (nSPS) is 23.5. The predicted octanol–water partition coefficient (Wildman–Crippen LogP) is 5.36. The van der Waals surface area contributed by atoms with Crippen molar-refractivity contribution in [1.82, 2.24) is 4.90 Å². The topological polar surface area (TPSA) is 23.6 Å². The second-order valence-electron chi connectivity index (χ2n) is 8.16. The number of amides is 1. The molecule has 0 unspecified atom stereocenters. The van der Waals surface area contributed by atoms with Crippen molar-refractivity contribution in [2.45, 2.75) is 32.0 Å². The summed E-state index contributed by atoms with van der Waals surface area (Å²) in [5.41, 5.74) is 4.92. The van der Waals surface area contributed by atoms with E-state index in [1.165, 1.54) is 16.7 Å². The summed E-state index contributed by atoms with van der Waals surface area (Å²) in [7, 11) is 0. The summed E-state index contributed by atoms with van der Waals surface area (Å²) in [5, 5.41) is 0. The van der Waals surface area contributed by atoms with Crippen molar-refractivity contribution in [3.8, 4) is 0 Å². The molecule has 0 aromatic heterocycles. The fourth-order valence-electron chi connectivity index (χ4n) is 5.35. The molecule has 1 amide bonds. The summed E-state index contributed by atoms with van der Waals surface area (Å²) >= 11 is 0. The Morgan fingerprint density at radius 2 is 1.52 bits per heavy atom. The van der Waals surface area contributed by atoms with Crippen LogP contribution < -0.4 is 4.90 Å². The first-order valence-electron chi connectivity index (χ1n) is 10.5. The highest BCUT2D eigenvalue weighted by Gasteiger charge is 2.48. The Bertz CT molecular complexity index is 1000. The van der Waals surface area contributed by atoms with Gasteiger partial charge < -0.3 is 4.90 Å². The summed E-state index contributed by atoms with van der Waals surface area (Å²) in [5.74, 6) is 0.506. The summed E-state index contributed by atoms with van der Waals surface area (Å²) in [6.45, 7) is 3.69. The van der Waals surface area contributed by atoms with Crippen molar-refractivity contribution in [2.24, 2.45) is 5.92 Å². The minimum Gasteiger partial charge on any atom is -0.304 e. The lowest BCUT2D eigenvalue weighted by Crippen LogP contribution is -2.44. The Morgan fingerprint density at radius 1 is 0.862 bits per heavy atom. The van der Waals surface area contributed by atoms with Crippen LogP contribution in [-0.2, 0) is 11.3 Å². The largest absolute Gasteiger partial charge is 0.304 e. The average molecular weight is 383 g/mol. The molecule has 0 bridgehead atoms. The molecule has 146 valence electrons. The quantitative estimate of drug-likeness (QED) is 0.609. The summed E-state index contributed by atoms with van der Waals surface area (Å²) in [6, 6.07) is 30.2. The van der Waals surface area contributed by atoms with Crippen LogP contribution in [0.15, 0.2) is 84.9 Å². The minimum absolute atomic E-state index is 0.0781. The first-order valence-corrected chi connectivity index (χ1v) is 10.5. The summed E-state index contributed by atoms with van der Waals surface area (Å²) < 4.78 is 0. The van der Waals surface area contributed by atoms with Gasteiger partial charge in [0.15, 0.2) is 0 Å². The maximum Gasteiger partial charge on any atom is 0.224 e. The monoisotopic (exact) mass is 382 g/mol. The zero-order chi connectivity index (χ0) is 19.8. The Kier molecular flexibility index (Phi) is 4.69. The molecular formula is C26H26N2O. The summed E-state index contributed by atoms with van der Waals surface area (Å²) in [6.07, 6.45) is 1.09. The highest BCUT2D eigenvalue weighted by molar-refractivity contribution is 5.94. The molecule has 5 rings (SSSR count).